The van der Waals surface area contributed by atoms with Gasteiger partial charge in [-0.1, -0.05) is 42.5 Å². The summed E-state index contributed by atoms with van der Waals surface area (Å²) in [5, 5.41) is 8.69. The molecule has 5 heteroatoms. The Morgan fingerprint density at radius 1 is 1.19 bits per heavy atom. The van der Waals surface area contributed by atoms with Crippen molar-refractivity contribution in [1.82, 2.24) is 15.4 Å². The fourth-order valence-corrected chi connectivity index (χ4v) is 1.38. The molecule has 0 amide bonds. The molecule has 0 aliphatic heterocycles. The Bertz CT molecular complexity index is 502. The van der Waals surface area contributed by atoms with Crippen LogP contribution in [0.1, 0.15) is 5.69 Å². The van der Waals surface area contributed by atoms with Crippen LogP contribution < -0.4 is 5.48 Å². The average Bonchev–Trinajstić information content (AvgIpc) is 2.39. The van der Waals surface area contributed by atoms with Crippen LogP contribution in [0.2, 0.25) is 0 Å². The molecule has 0 spiro atoms. The molecule has 2 aromatic rings. The molecule has 0 aliphatic carbocycles. The zero-order valence-electron chi connectivity index (χ0n) is 8.29. The summed E-state index contributed by atoms with van der Waals surface area (Å²) in [6.45, 7) is 0. The molecule has 0 aliphatic rings. The number of rotatable bonds is 2. The van der Waals surface area contributed by atoms with Gasteiger partial charge in [0.15, 0.2) is 4.99 Å². The Morgan fingerprint density at radius 2 is 1.94 bits per heavy atom. The van der Waals surface area contributed by atoms with Crippen LogP contribution in [0.5, 0.6) is 0 Å². The Kier molecular flexibility index (Phi) is 3.19. The highest BCUT2D eigenvalue weighted by molar-refractivity contribution is 7.80. The minimum absolute atomic E-state index is 0.158. The predicted octanol–water partition coefficient (Wildman–Crippen LogP) is 1.80. The molecule has 0 bridgehead atoms. The van der Waals surface area contributed by atoms with E-state index in [4.69, 9.17) is 17.4 Å². The molecule has 4 nitrogen and oxygen atoms in total. The fraction of sp³-hybridized carbons (Fsp3) is 0. The molecular formula is C11H9N3OS. The number of aromatic nitrogens is 2. The quantitative estimate of drug-likeness (QED) is 0.609. The molecule has 2 N–H and O–H groups in total. The van der Waals surface area contributed by atoms with Crippen molar-refractivity contribution in [1.29, 1.82) is 0 Å². The van der Waals surface area contributed by atoms with Crippen LogP contribution >= 0.6 is 12.2 Å². The first-order valence-corrected chi connectivity index (χ1v) is 5.04. The van der Waals surface area contributed by atoms with Gasteiger partial charge >= 0.3 is 0 Å². The number of nitrogens with zero attached hydrogens (tertiary/aromatic N) is 2. The van der Waals surface area contributed by atoms with Crippen LogP contribution in [-0.4, -0.2) is 20.2 Å². The summed E-state index contributed by atoms with van der Waals surface area (Å²) < 4.78 is 0. The minimum atomic E-state index is 0.158. The van der Waals surface area contributed by atoms with E-state index in [0.29, 0.717) is 5.69 Å². The summed E-state index contributed by atoms with van der Waals surface area (Å²) in [6.07, 6.45) is 3.15. The zero-order chi connectivity index (χ0) is 11.4. The summed E-state index contributed by atoms with van der Waals surface area (Å²) >= 11 is 4.87. The molecule has 0 radical (unpaired) electrons. The second kappa shape index (κ2) is 4.78. The third-order valence-electron chi connectivity index (χ3n) is 2.04. The molecule has 16 heavy (non-hydrogen) atoms. The number of benzene rings is 1. The van der Waals surface area contributed by atoms with E-state index >= 15 is 0 Å². The van der Waals surface area contributed by atoms with Gasteiger partial charge in [-0.2, -0.15) is 0 Å². The second-order valence-electron chi connectivity index (χ2n) is 3.10. The van der Waals surface area contributed by atoms with Crippen molar-refractivity contribution >= 4 is 17.2 Å². The SMILES string of the molecule is ONC(=S)c1cncc(-c2ccccc2)n1. The summed E-state index contributed by atoms with van der Waals surface area (Å²) in [5.74, 6) is 0. The van der Waals surface area contributed by atoms with E-state index in [0.717, 1.165) is 11.3 Å². The van der Waals surface area contributed by atoms with E-state index in [1.807, 2.05) is 35.8 Å². The Labute approximate surface area is 97.9 Å². The number of hydrogen-bond acceptors (Lipinski definition) is 4. The van der Waals surface area contributed by atoms with Crippen LogP contribution in [0.3, 0.4) is 0 Å². The summed E-state index contributed by atoms with van der Waals surface area (Å²) in [5.41, 5.74) is 4.01. The van der Waals surface area contributed by atoms with Crippen molar-refractivity contribution in [3.05, 3.63) is 48.4 Å². The van der Waals surface area contributed by atoms with Gasteiger partial charge < -0.3 is 0 Å². The lowest BCUT2D eigenvalue weighted by Crippen LogP contribution is -2.19. The first-order valence-electron chi connectivity index (χ1n) is 4.63. The molecule has 2 rings (SSSR count). The van der Waals surface area contributed by atoms with Gasteiger partial charge in [0.1, 0.15) is 5.69 Å². The maximum atomic E-state index is 8.69. The number of thiocarbonyl (C=S) groups is 1. The Morgan fingerprint density at radius 3 is 2.62 bits per heavy atom. The molecule has 80 valence electrons. The first kappa shape index (κ1) is 10.7. The molecule has 0 fully saturated rings. The normalized spacial score (nSPS) is 9.81. The highest BCUT2D eigenvalue weighted by Gasteiger charge is 2.04. The summed E-state index contributed by atoms with van der Waals surface area (Å²) in [4.78, 5) is 8.47. The minimum Gasteiger partial charge on any atom is -0.290 e. The lowest BCUT2D eigenvalue weighted by atomic mass is 10.2. The van der Waals surface area contributed by atoms with Crippen molar-refractivity contribution in [2.45, 2.75) is 0 Å². The van der Waals surface area contributed by atoms with E-state index in [9.17, 15) is 0 Å². The standard InChI is InChI=1S/C11H9N3OS/c15-14-11(16)10-7-12-6-9(13-10)8-4-2-1-3-5-8/h1-7,15H,(H,14,16). The third kappa shape index (κ3) is 2.21. The lowest BCUT2D eigenvalue weighted by molar-refractivity contribution is 0.237. The topological polar surface area (TPSA) is 58.0 Å². The van der Waals surface area contributed by atoms with Crippen molar-refractivity contribution in [2.24, 2.45) is 0 Å². The highest BCUT2D eigenvalue weighted by atomic mass is 32.1. The van der Waals surface area contributed by atoms with Gasteiger partial charge in [-0.25, -0.2) is 4.98 Å². The third-order valence-corrected chi connectivity index (χ3v) is 2.34. The van der Waals surface area contributed by atoms with E-state index in [2.05, 4.69) is 9.97 Å². The van der Waals surface area contributed by atoms with Gasteiger partial charge in [-0.05, 0) is 0 Å². The van der Waals surface area contributed by atoms with Crippen LogP contribution in [0, 0.1) is 0 Å². The number of hydrogen-bond donors (Lipinski definition) is 2. The summed E-state index contributed by atoms with van der Waals surface area (Å²) in [6, 6.07) is 9.64. The molecule has 0 atom stereocenters. The highest BCUT2D eigenvalue weighted by Crippen LogP contribution is 2.15. The predicted molar refractivity (Wildman–Crippen MR) is 64.1 cm³/mol. The fourth-order valence-electron chi connectivity index (χ4n) is 1.28. The second-order valence-corrected chi connectivity index (χ2v) is 3.50. The average molecular weight is 231 g/mol. The monoisotopic (exact) mass is 231 g/mol. The molecule has 0 saturated carbocycles. The summed E-state index contributed by atoms with van der Waals surface area (Å²) in [7, 11) is 0. The Hall–Kier alpha value is -1.85. The van der Waals surface area contributed by atoms with Gasteiger partial charge in [0.2, 0.25) is 0 Å². The van der Waals surface area contributed by atoms with E-state index < -0.39 is 0 Å². The number of nitrogens with one attached hydrogen (secondary N) is 1. The number of hydroxylamine groups is 1. The van der Waals surface area contributed by atoms with Crippen molar-refractivity contribution in [3.8, 4) is 11.3 Å². The van der Waals surface area contributed by atoms with Gasteiger partial charge in [0, 0.05) is 5.56 Å². The van der Waals surface area contributed by atoms with Crippen molar-refractivity contribution < 1.29 is 5.21 Å². The van der Waals surface area contributed by atoms with E-state index in [1.165, 1.54) is 6.20 Å². The maximum absolute atomic E-state index is 8.69. The van der Waals surface area contributed by atoms with Gasteiger partial charge in [-0.3, -0.25) is 15.7 Å². The van der Waals surface area contributed by atoms with E-state index in [1.54, 1.807) is 6.20 Å². The maximum Gasteiger partial charge on any atom is 0.150 e. The van der Waals surface area contributed by atoms with Crippen LogP contribution in [0.4, 0.5) is 0 Å². The van der Waals surface area contributed by atoms with Crippen molar-refractivity contribution in [2.75, 3.05) is 0 Å². The zero-order valence-corrected chi connectivity index (χ0v) is 9.11. The van der Waals surface area contributed by atoms with Gasteiger partial charge in [-0.15, -0.1) is 0 Å². The molecule has 1 heterocycles. The Balaban J connectivity index is 2.40. The largest absolute Gasteiger partial charge is 0.290 e. The van der Waals surface area contributed by atoms with Crippen LogP contribution in [-0.2, 0) is 0 Å². The van der Waals surface area contributed by atoms with Crippen LogP contribution in [0.25, 0.3) is 11.3 Å². The van der Waals surface area contributed by atoms with Gasteiger partial charge in [0.25, 0.3) is 0 Å². The molecule has 1 aromatic heterocycles. The van der Waals surface area contributed by atoms with Crippen LogP contribution in [0.15, 0.2) is 42.7 Å². The lowest BCUT2D eigenvalue weighted by Gasteiger charge is -2.03. The smallest absolute Gasteiger partial charge is 0.150 e. The molecular weight excluding hydrogens is 222 g/mol. The van der Waals surface area contributed by atoms with Crippen molar-refractivity contribution in [3.63, 3.8) is 0 Å². The van der Waals surface area contributed by atoms with E-state index in [-0.39, 0.29) is 4.99 Å². The molecule has 1 aromatic carbocycles. The molecule has 0 saturated heterocycles. The first-order chi connectivity index (χ1) is 7.81. The van der Waals surface area contributed by atoms with Gasteiger partial charge in [0.05, 0.1) is 18.1 Å². The molecule has 0 unspecified atom stereocenters.